The molecule has 1 fully saturated rings. The van der Waals surface area contributed by atoms with E-state index in [4.69, 9.17) is 14.6 Å². The van der Waals surface area contributed by atoms with Gasteiger partial charge in [-0.3, -0.25) is 0 Å². The number of esters is 1. The molecule has 0 aliphatic carbocycles. The molecule has 1 aliphatic heterocycles. The molecule has 1 unspecified atom stereocenters. The Morgan fingerprint density at radius 1 is 1.47 bits per heavy atom. The van der Waals surface area contributed by atoms with Gasteiger partial charge in [-0.15, -0.1) is 0 Å². The quantitative estimate of drug-likeness (QED) is 0.284. The standard InChI is InChI=1S/C11H18O4/c1-9(5-3-2-4-6-12)11(13)15-8-10-7-14-10/h10,12H,1-8H2. The maximum atomic E-state index is 11.3. The molecular weight excluding hydrogens is 196 g/mol. The molecule has 0 amide bonds. The lowest BCUT2D eigenvalue weighted by Crippen LogP contribution is -2.11. The number of unbranched alkanes of at least 4 members (excludes halogenated alkanes) is 2. The predicted molar refractivity (Wildman–Crippen MR) is 55.4 cm³/mol. The molecule has 0 aromatic carbocycles. The topological polar surface area (TPSA) is 59.1 Å². The van der Waals surface area contributed by atoms with Crippen molar-refractivity contribution in [1.29, 1.82) is 0 Å². The number of aliphatic hydroxyl groups is 1. The Morgan fingerprint density at radius 3 is 2.80 bits per heavy atom. The van der Waals surface area contributed by atoms with Gasteiger partial charge in [0.1, 0.15) is 12.7 Å². The Balaban J connectivity index is 2.01. The smallest absolute Gasteiger partial charge is 0.333 e. The van der Waals surface area contributed by atoms with E-state index in [1.165, 1.54) is 0 Å². The number of hydrogen-bond donors (Lipinski definition) is 1. The van der Waals surface area contributed by atoms with Gasteiger partial charge in [0.05, 0.1) is 6.61 Å². The minimum absolute atomic E-state index is 0.108. The summed E-state index contributed by atoms with van der Waals surface area (Å²) in [4.78, 5) is 11.3. The maximum absolute atomic E-state index is 11.3. The second kappa shape index (κ2) is 6.58. The van der Waals surface area contributed by atoms with Crippen LogP contribution in [0.3, 0.4) is 0 Å². The summed E-state index contributed by atoms with van der Waals surface area (Å²) in [7, 11) is 0. The Bertz CT molecular complexity index is 221. The molecule has 1 rings (SSSR count). The molecule has 0 bridgehead atoms. The second-order valence-electron chi connectivity index (χ2n) is 3.69. The molecular formula is C11H18O4. The zero-order valence-electron chi connectivity index (χ0n) is 8.91. The van der Waals surface area contributed by atoms with Gasteiger partial charge in [-0.25, -0.2) is 4.79 Å². The molecule has 1 atom stereocenters. The predicted octanol–water partition coefficient (Wildman–Crippen LogP) is 1.04. The van der Waals surface area contributed by atoms with Gasteiger partial charge in [0.2, 0.25) is 0 Å². The van der Waals surface area contributed by atoms with Crippen molar-refractivity contribution in [2.75, 3.05) is 19.8 Å². The summed E-state index contributed by atoms with van der Waals surface area (Å²) in [6.07, 6.45) is 3.31. The van der Waals surface area contributed by atoms with Crippen LogP contribution >= 0.6 is 0 Å². The summed E-state index contributed by atoms with van der Waals surface area (Å²) in [5.74, 6) is -0.325. The van der Waals surface area contributed by atoms with E-state index < -0.39 is 0 Å². The summed E-state index contributed by atoms with van der Waals surface area (Å²) >= 11 is 0. The van der Waals surface area contributed by atoms with Gasteiger partial charge >= 0.3 is 5.97 Å². The van der Waals surface area contributed by atoms with Crippen LogP contribution in [0.5, 0.6) is 0 Å². The lowest BCUT2D eigenvalue weighted by atomic mass is 10.1. The number of hydrogen-bond acceptors (Lipinski definition) is 4. The number of epoxide rings is 1. The van der Waals surface area contributed by atoms with E-state index in [1.54, 1.807) is 0 Å². The molecule has 1 heterocycles. The first-order valence-electron chi connectivity index (χ1n) is 5.31. The molecule has 0 aromatic heterocycles. The molecule has 4 nitrogen and oxygen atoms in total. The van der Waals surface area contributed by atoms with Crippen LogP contribution in [0.25, 0.3) is 0 Å². The molecule has 1 aliphatic rings. The third-order valence-corrected chi connectivity index (χ3v) is 2.23. The van der Waals surface area contributed by atoms with Crippen LogP contribution in [0.1, 0.15) is 25.7 Å². The van der Waals surface area contributed by atoms with E-state index in [1.807, 2.05) is 0 Å². The van der Waals surface area contributed by atoms with Crippen LogP contribution in [0.4, 0.5) is 0 Å². The first kappa shape index (κ1) is 12.2. The minimum atomic E-state index is -0.325. The van der Waals surface area contributed by atoms with E-state index in [9.17, 15) is 4.79 Å². The van der Waals surface area contributed by atoms with Gasteiger partial charge in [-0.1, -0.05) is 13.0 Å². The fourth-order valence-corrected chi connectivity index (χ4v) is 1.16. The summed E-state index contributed by atoms with van der Waals surface area (Å²) in [6.45, 7) is 4.91. The van der Waals surface area contributed by atoms with Crippen LogP contribution < -0.4 is 0 Å². The monoisotopic (exact) mass is 214 g/mol. The van der Waals surface area contributed by atoms with Crippen molar-refractivity contribution in [1.82, 2.24) is 0 Å². The molecule has 4 heteroatoms. The SMILES string of the molecule is C=C(CCCCCO)C(=O)OCC1CO1. The first-order chi connectivity index (χ1) is 7.24. The third kappa shape index (κ3) is 5.54. The molecule has 0 aromatic rings. The number of rotatable bonds is 8. The summed E-state index contributed by atoms with van der Waals surface area (Å²) in [6, 6.07) is 0. The van der Waals surface area contributed by atoms with E-state index in [-0.39, 0.29) is 18.7 Å². The average molecular weight is 214 g/mol. The lowest BCUT2D eigenvalue weighted by molar-refractivity contribution is -0.139. The Hall–Kier alpha value is -0.870. The van der Waals surface area contributed by atoms with E-state index >= 15 is 0 Å². The highest BCUT2D eigenvalue weighted by atomic mass is 16.6. The van der Waals surface area contributed by atoms with E-state index in [0.29, 0.717) is 25.2 Å². The summed E-state index contributed by atoms with van der Waals surface area (Å²) in [5, 5.41) is 8.56. The third-order valence-electron chi connectivity index (χ3n) is 2.23. The van der Waals surface area contributed by atoms with Crippen molar-refractivity contribution >= 4 is 5.97 Å². The van der Waals surface area contributed by atoms with E-state index in [0.717, 1.165) is 19.3 Å². The lowest BCUT2D eigenvalue weighted by Gasteiger charge is -2.05. The number of carbonyl (C=O) groups is 1. The Morgan fingerprint density at radius 2 is 2.20 bits per heavy atom. The Kier molecular flexibility index (Phi) is 5.36. The highest BCUT2D eigenvalue weighted by Gasteiger charge is 2.24. The highest BCUT2D eigenvalue weighted by Crippen LogP contribution is 2.12. The van der Waals surface area contributed by atoms with Crippen LogP contribution in [-0.4, -0.2) is 37.0 Å². The normalized spacial score (nSPS) is 18.6. The number of aliphatic hydroxyl groups excluding tert-OH is 1. The zero-order valence-corrected chi connectivity index (χ0v) is 8.91. The fourth-order valence-electron chi connectivity index (χ4n) is 1.16. The number of ether oxygens (including phenoxy) is 2. The number of carbonyl (C=O) groups excluding carboxylic acids is 1. The van der Waals surface area contributed by atoms with Crippen molar-refractivity contribution < 1.29 is 19.4 Å². The van der Waals surface area contributed by atoms with Crippen molar-refractivity contribution in [2.24, 2.45) is 0 Å². The van der Waals surface area contributed by atoms with Crippen molar-refractivity contribution in [3.63, 3.8) is 0 Å². The maximum Gasteiger partial charge on any atom is 0.333 e. The van der Waals surface area contributed by atoms with Crippen LogP contribution in [0, 0.1) is 0 Å². The van der Waals surface area contributed by atoms with Gasteiger partial charge in [-0.05, 0) is 19.3 Å². The van der Waals surface area contributed by atoms with E-state index in [2.05, 4.69) is 6.58 Å². The van der Waals surface area contributed by atoms with Crippen molar-refractivity contribution in [3.8, 4) is 0 Å². The average Bonchev–Trinajstić information content (AvgIpc) is 3.04. The van der Waals surface area contributed by atoms with Gasteiger partial charge in [0, 0.05) is 12.2 Å². The Labute approximate surface area is 89.9 Å². The molecule has 86 valence electrons. The van der Waals surface area contributed by atoms with Gasteiger partial charge in [0.15, 0.2) is 0 Å². The molecule has 0 spiro atoms. The van der Waals surface area contributed by atoms with Crippen molar-refractivity contribution in [2.45, 2.75) is 31.8 Å². The fraction of sp³-hybridized carbons (Fsp3) is 0.727. The molecule has 0 saturated carbocycles. The van der Waals surface area contributed by atoms with Gasteiger partial charge in [0.25, 0.3) is 0 Å². The zero-order chi connectivity index (χ0) is 11.1. The molecule has 15 heavy (non-hydrogen) atoms. The molecule has 1 N–H and O–H groups in total. The van der Waals surface area contributed by atoms with Gasteiger partial charge in [-0.2, -0.15) is 0 Å². The van der Waals surface area contributed by atoms with Crippen LogP contribution in [0.2, 0.25) is 0 Å². The van der Waals surface area contributed by atoms with Gasteiger partial charge < -0.3 is 14.6 Å². The summed E-state index contributed by atoms with van der Waals surface area (Å²) < 4.78 is 9.89. The minimum Gasteiger partial charge on any atom is -0.459 e. The highest BCUT2D eigenvalue weighted by molar-refractivity contribution is 5.87. The summed E-state index contributed by atoms with van der Waals surface area (Å²) in [5.41, 5.74) is 0.508. The largest absolute Gasteiger partial charge is 0.459 e. The van der Waals surface area contributed by atoms with Crippen LogP contribution in [0.15, 0.2) is 12.2 Å². The van der Waals surface area contributed by atoms with Crippen molar-refractivity contribution in [3.05, 3.63) is 12.2 Å². The van der Waals surface area contributed by atoms with Crippen LogP contribution in [-0.2, 0) is 14.3 Å². The first-order valence-corrected chi connectivity index (χ1v) is 5.31. The molecule has 0 radical (unpaired) electrons. The second-order valence-corrected chi connectivity index (χ2v) is 3.69. The molecule has 1 saturated heterocycles.